The molecule has 1 aliphatic heterocycles. The lowest BCUT2D eigenvalue weighted by Gasteiger charge is -2.25. The Morgan fingerprint density at radius 2 is 2.38 bits per heavy atom. The van der Waals surface area contributed by atoms with Crippen LogP contribution in [0.25, 0.3) is 0 Å². The van der Waals surface area contributed by atoms with Crippen LogP contribution < -0.4 is 0 Å². The van der Waals surface area contributed by atoms with E-state index in [1.165, 1.54) is 0 Å². The Morgan fingerprint density at radius 3 is 3.08 bits per heavy atom. The highest BCUT2D eigenvalue weighted by molar-refractivity contribution is 5.58. The molecule has 2 aliphatic rings. The van der Waals surface area contributed by atoms with Gasteiger partial charge in [0.25, 0.3) is 0 Å². The van der Waals surface area contributed by atoms with Gasteiger partial charge in [-0.15, -0.1) is 0 Å². The van der Waals surface area contributed by atoms with Crippen LogP contribution in [-0.2, 0) is 4.84 Å². The third kappa shape index (κ3) is 1.55. The van der Waals surface area contributed by atoms with Crippen LogP contribution in [0, 0.1) is 5.92 Å². The van der Waals surface area contributed by atoms with Crippen molar-refractivity contribution in [2.75, 3.05) is 6.73 Å². The summed E-state index contributed by atoms with van der Waals surface area (Å²) < 4.78 is 13.3. The predicted molar refractivity (Wildman–Crippen MR) is 48.2 cm³/mol. The molecule has 0 radical (unpaired) electrons. The molecule has 0 N–H and O–H groups in total. The zero-order valence-corrected chi connectivity index (χ0v) is 7.98. The molecule has 0 aromatic rings. The molecule has 1 fully saturated rings. The van der Waals surface area contributed by atoms with Gasteiger partial charge in [-0.1, -0.05) is 5.16 Å². The van der Waals surface area contributed by atoms with Gasteiger partial charge in [0.15, 0.2) is 6.73 Å². The second-order valence-electron chi connectivity index (χ2n) is 3.99. The number of fused-ring (bicyclic) bond motifs is 1. The Hall–Kier alpha value is -0.640. The van der Waals surface area contributed by atoms with Crippen LogP contribution in [0.4, 0.5) is 4.39 Å². The van der Waals surface area contributed by atoms with Gasteiger partial charge < -0.3 is 4.84 Å². The molecule has 74 valence electrons. The zero-order chi connectivity index (χ0) is 9.42. The maximum Gasteiger partial charge on any atom is 0.171 e. The molecule has 13 heavy (non-hydrogen) atoms. The number of hydrogen-bond donors (Lipinski definition) is 0. The van der Waals surface area contributed by atoms with Gasteiger partial charge in [-0.2, -0.15) is 0 Å². The van der Waals surface area contributed by atoms with Gasteiger partial charge in [0.1, 0.15) is 6.17 Å². The zero-order valence-electron chi connectivity index (χ0n) is 7.98. The van der Waals surface area contributed by atoms with Gasteiger partial charge in [0, 0.05) is 18.2 Å². The van der Waals surface area contributed by atoms with E-state index in [4.69, 9.17) is 4.84 Å². The maximum absolute atomic E-state index is 13.3. The summed E-state index contributed by atoms with van der Waals surface area (Å²) in [7, 11) is 0. The quantitative estimate of drug-likeness (QED) is 0.618. The largest absolute Gasteiger partial charge is 0.380 e. The SMILES string of the molecule is CC(C)N1CO/N=C\C[C@H]2[C@H](F)[C@H]21. The van der Waals surface area contributed by atoms with Gasteiger partial charge in [-0.25, -0.2) is 4.39 Å². The lowest BCUT2D eigenvalue weighted by Crippen LogP contribution is -2.37. The van der Waals surface area contributed by atoms with Crippen LogP contribution in [0.5, 0.6) is 0 Å². The molecule has 3 nitrogen and oxygen atoms in total. The summed E-state index contributed by atoms with van der Waals surface area (Å²) in [5.74, 6) is 0.148. The van der Waals surface area contributed by atoms with Crippen LogP contribution in [0.3, 0.4) is 0 Å². The van der Waals surface area contributed by atoms with E-state index in [9.17, 15) is 4.39 Å². The summed E-state index contributed by atoms with van der Waals surface area (Å²) in [6.07, 6.45) is 1.69. The van der Waals surface area contributed by atoms with Crippen molar-refractivity contribution in [3.63, 3.8) is 0 Å². The predicted octanol–water partition coefficient (Wildman–Crippen LogP) is 1.40. The van der Waals surface area contributed by atoms with E-state index in [-0.39, 0.29) is 12.0 Å². The number of nitrogens with zero attached hydrogens (tertiary/aromatic N) is 2. The van der Waals surface area contributed by atoms with Crippen LogP contribution in [0.1, 0.15) is 20.3 Å². The highest BCUT2D eigenvalue weighted by Gasteiger charge is 2.54. The molecule has 0 bridgehead atoms. The molecule has 1 aliphatic carbocycles. The molecule has 0 unspecified atom stereocenters. The van der Waals surface area contributed by atoms with E-state index >= 15 is 0 Å². The third-order valence-corrected chi connectivity index (χ3v) is 2.81. The monoisotopic (exact) mass is 186 g/mol. The molecule has 0 spiro atoms. The van der Waals surface area contributed by atoms with Crippen molar-refractivity contribution in [3.8, 4) is 0 Å². The Kier molecular flexibility index (Phi) is 2.24. The van der Waals surface area contributed by atoms with E-state index in [0.717, 1.165) is 0 Å². The fourth-order valence-corrected chi connectivity index (χ4v) is 1.91. The maximum atomic E-state index is 13.3. The van der Waals surface area contributed by atoms with E-state index < -0.39 is 6.17 Å². The number of hydrogen-bond acceptors (Lipinski definition) is 3. The van der Waals surface area contributed by atoms with Crippen LogP contribution in [0.2, 0.25) is 0 Å². The average molecular weight is 186 g/mol. The van der Waals surface area contributed by atoms with Gasteiger partial charge >= 0.3 is 0 Å². The van der Waals surface area contributed by atoms with Crippen LogP contribution in [-0.4, -0.2) is 36.1 Å². The smallest absolute Gasteiger partial charge is 0.171 e. The average Bonchev–Trinajstić information content (AvgIpc) is 2.58. The van der Waals surface area contributed by atoms with Crippen molar-refractivity contribution in [2.45, 2.75) is 38.5 Å². The molecular formula is C9H15FN2O. The van der Waals surface area contributed by atoms with Gasteiger partial charge in [-0.3, -0.25) is 4.90 Å². The van der Waals surface area contributed by atoms with E-state index in [1.807, 2.05) is 4.90 Å². The lowest BCUT2D eigenvalue weighted by atomic mass is 10.2. The lowest BCUT2D eigenvalue weighted by molar-refractivity contribution is 0.00177. The van der Waals surface area contributed by atoms with Crippen molar-refractivity contribution in [3.05, 3.63) is 0 Å². The summed E-state index contributed by atoms with van der Waals surface area (Å²) in [6, 6.07) is 0.383. The van der Waals surface area contributed by atoms with Crippen molar-refractivity contribution < 1.29 is 9.23 Å². The first-order chi connectivity index (χ1) is 6.22. The van der Waals surface area contributed by atoms with Gasteiger partial charge in [0.05, 0.1) is 6.04 Å². The summed E-state index contributed by atoms with van der Waals surface area (Å²) in [6.45, 7) is 4.52. The van der Waals surface area contributed by atoms with Crippen LogP contribution in [0.15, 0.2) is 5.16 Å². The standard InChI is InChI=1S/C9H15FN2O/c1-6(2)12-5-13-11-4-3-7-8(10)9(7)12/h4,6-9H,3,5H2,1-2H3/b11-4-/t7-,8-,9-/m0/s1. The first-order valence-electron chi connectivity index (χ1n) is 4.75. The molecule has 0 saturated heterocycles. The topological polar surface area (TPSA) is 24.8 Å². The summed E-state index contributed by atoms with van der Waals surface area (Å²) in [4.78, 5) is 7.06. The molecule has 0 amide bonds. The van der Waals surface area contributed by atoms with Crippen molar-refractivity contribution >= 4 is 6.21 Å². The first-order valence-corrected chi connectivity index (χ1v) is 4.75. The highest BCUT2D eigenvalue weighted by Crippen LogP contribution is 2.42. The molecule has 2 rings (SSSR count). The van der Waals surface area contributed by atoms with Crippen molar-refractivity contribution in [1.82, 2.24) is 4.90 Å². The number of halogens is 1. The third-order valence-electron chi connectivity index (χ3n) is 2.81. The molecule has 4 heteroatoms. The summed E-state index contributed by atoms with van der Waals surface area (Å²) in [5, 5.41) is 3.74. The molecule has 1 heterocycles. The van der Waals surface area contributed by atoms with E-state index in [1.54, 1.807) is 6.21 Å². The van der Waals surface area contributed by atoms with Crippen molar-refractivity contribution in [1.29, 1.82) is 0 Å². The summed E-state index contributed by atoms with van der Waals surface area (Å²) >= 11 is 0. The Bertz CT molecular complexity index is 220. The Morgan fingerprint density at radius 1 is 1.62 bits per heavy atom. The van der Waals surface area contributed by atoms with Crippen LogP contribution >= 0.6 is 0 Å². The normalized spacial score (nSPS) is 41.7. The molecule has 0 aromatic heterocycles. The molecular weight excluding hydrogens is 171 g/mol. The highest BCUT2D eigenvalue weighted by atomic mass is 19.1. The van der Waals surface area contributed by atoms with Gasteiger partial charge in [0.2, 0.25) is 0 Å². The fraction of sp³-hybridized carbons (Fsp3) is 0.889. The second kappa shape index (κ2) is 3.25. The fourth-order valence-electron chi connectivity index (χ4n) is 1.91. The Balaban J connectivity index is 2.06. The molecule has 1 saturated carbocycles. The number of alkyl halides is 1. The van der Waals surface area contributed by atoms with Crippen molar-refractivity contribution in [2.24, 2.45) is 11.1 Å². The second-order valence-corrected chi connectivity index (χ2v) is 3.99. The Labute approximate surface area is 77.5 Å². The first kappa shape index (κ1) is 8.94. The van der Waals surface area contributed by atoms with Gasteiger partial charge in [-0.05, 0) is 20.3 Å². The number of rotatable bonds is 1. The molecule has 3 atom stereocenters. The minimum Gasteiger partial charge on any atom is -0.380 e. The molecule has 0 aromatic carbocycles. The summed E-state index contributed by atoms with van der Waals surface area (Å²) in [5.41, 5.74) is 0. The van der Waals surface area contributed by atoms with E-state index in [0.29, 0.717) is 19.2 Å². The minimum atomic E-state index is -0.685. The number of oxime groups is 1. The van der Waals surface area contributed by atoms with E-state index in [2.05, 4.69) is 19.0 Å². The minimum absolute atomic E-state index is 0.0618.